The Bertz CT molecular complexity index is 863. The van der Waals surface area contributed by atoms with Crippen molar-refractivity contribution in [3.05, 3.63) is 46.2 Å². The molecule has 3 rings (SSSR count). The Morgan fingerprint density at radius 2 is 2.18 bits per heavy atom. The van der Waals surface area contributed by atoms with Crippen molar-refractivity contribution in [3.63, 3.8) is 0 Å². The number of anilines is 1. The minimum Gasteiger partial charge on any atom is -0.496 e. The first-order valence-electron chi connectivity index (χ1n) is 6.45. The number of rotatable bonds is 3. The summed E-state index contributed by atoms with van der Waals surface area (Å²) in [6.45, 7) is 1.95. The minimum absolute atomic E-state index is 0.103. The fraction of sp³-hybridized carbons (Fsp3) is 0.133. The summed E-state index contributed by atoms with van der Waals surface area (Å²) >= 11 is 7.58. The molecule has 0 saturated heterocycles. The van der Waals surface area contributed by atoms with Gasteiger partial charge in [-0.05, 0) is 31.2 Å². The molecular formula is C15H12ClN3O2S. The third-order valence-corrected chi connectivity index (χ3v) is 4.29. The van der Waals surface area contributed by atoms with Gasteiger partial charge >= 0.3 is 0 Å². The van der Waals surface area contributed by atoms with Gasteiger partial charge in [0.1, 0.15) is 16.5 Å². The van der Waals surface area contributed by atoms with Crippen LogP contribution in [0.5, 0.6) is 5.75 Å². The molecule has 0 bridgehead atoms. The summed E-state index contributed by atoms with van der Waals surface area (Å²) in [5.74, 6) is 0.0164. The molecule has 0 spiro atoms. The number of hydrogen-bond donors (Lipinski definition) is 1. The molecule has 0 saturated carbocycles. The van der Waals surface area contributed by atoms with Crippen LogP contribution in [-0.2, 0) is 0 Å². The molecule has 5 nitrogen and oxygen atoms in total. The lowest BCUT2D eigenvalue weighted by atomic mass is 10.2. The normalized spacial score (nSPS) is 10.7. The molecule has 1 N–H and O–H groups in total. The SMILES string of the molecule is COc1ccnc(Cl)c1C(=O)Nc1ccc2nc(C)sc2c1. The predicted molar refractivity (Wildman–Crippen MR) is 88.1 cm³/mol. The average molecular weight is 334 g/mol. The van der Waals surface area contributed by atoms with Crippen LogP contribution < -0.4 is 10.1 Å². The Morgan fingerprint density at radius 3 is 2.95 bits per heavy atom. The van der Waals surface area contributed by atoms with E-state index in [2.05, 4.69) is 15.3 Å². The second-order valence-corrected chi connectivity index (χ2v) is 6.14. The van der Waals surface area contributed by atoms with Gasteiger partial charge in [-0.15, -0.1) is 11.3 Å². The molecule has 7 heteroatoms. The second kappa shape index (κ2) is 5.90. The van der Waals surface area contributed by atoms with Crippen LogP contribution in [0.3, 0.4) is 0 Å². The number of benzene rings is 1. The number of fused-ring (bicyclic) bond motifs is 1. The summed E-state index contributed by atoms with van der Waals surface area (Å²) in [4.78, 5) is 20.7. The maximum Gasteiger partial charge on any atom is 0.262 e. The van der Waals surface area contributed by atoms with Crippen molar-refractivity contribution >= 4 is 44.7 Å². The molecule has 22 heavy (non-hydrogen) atoms. The molecule has 0 radical (unpaired) electrons. The molecule has 112 valence electrons. The Hall–Kier alpha value is -2.18. The number of methoxy groups -OCH3 is 1. The zero-order chi connectivity index (χ0) is 15.7. The van der Waals surface area contributed by atoms with Crippen molar-refractivity contribution in [3.8, 4) is 5.75 Å². The minimum atomic E-state index is -0.365. The molecule has 0 fully saturated rings. The van der Waals surface area contributed by atoms with Gasteiger partial charge < -0.3 is 10.1 Å². The van der Waals surface area contributed by atoms with E-state index in [1.54, 1.807) is 23.5 Å². The maximum atomic E-state index is 12.4. The molecule has 1 amide bonds. The first-order chi connectivity index (χ1) is 10.6. The summed E-state index contributed by atoms with van der Waals surface area (Å²) in [5, 5.41) is 3.90. The third-order valence-electron chi connectivity index (χ3n) is 3.07. The highest BCUT2D eigenvalue weighted by atomic mass is 35.5. The van der Waals surface area contributed by atoms with E-state index in [0.717, 1.165) is 15.2 Å². The van der Waals surface area contributed by atoms with E-state index in [-0.39, 0.29) is 16.6 Å². The number of ether oxygens (including phenoxy) is 1. The van der Waals surface area contributed by atoms with E-state index in [4.69, 9.17) is 16.3 Å². The van der Waals surface area contributed by atoms with Gasteiger partial charge in [0.2, 0.25) is 0 Å². The van der Waals surface area contributed by atoms with Gasteiger partial charge in [0.15, 0.2) is 0 Å². The highest BCUT2D eigenvalue weighted by Crippen LogP contribution is 2.27. The van der Waals surface area contributed by atoms with Crippen LogP contribution in [0.25, 0.3) is 10.2 Å². The summed E-state index contributed by atoms with van der Waals surface area (Å²) in [5.41, 5.74) is 1.80. The Labute approximate surface area is 135 Å². The smallest absolute Gasteiger partial charge is 0.262 e. The zero-order valence-electron chi connectivity index (χ0n) is 11.9. The quantitative estimate of drug-likeness (QED) is 0.738. The first kappa shape index (κ1) is 14.7. The summed E-state index contributed by atoms with van der Waals surface area (Å²) < 4.78 is 6.18. The van der Waals surface area contributed by atoms with Crippen LogP contribution in [0.4, 0.5) is 5.69 Å². The van der Waals surface area contributed by atoms with Crippen LogP contribution in [0.1, 0.15) is 15.4 Å². The van der Waals surface area contributed by atoms with Crippen LogP contribution in [0.15, 0.2) is 30.5 Å². The van der Waals surface area contributed by atoms with Gasteiger partial charge in [-0.2, -0.15) is 0 Å². The number of thiazole rings is 1. The molecular weight excluding hydrogens is 322 g/mol. The predicted octanol–water partition coefficient (Wildman–Crippen LogP) is 3.91. The standard InChI is InChI=1S/C15H12ClN3O2S/c1-8-18-10-4-3-9(7-12(10)22-8)19-15(20)13-11(21-2)5-6-17-14(13)16/h3-7H,1-2H3,(H,19,20). The largest absolute Gasteiger partial charge is 0.496 e. The number of nitrogens with zero attached hydrogens (tertiary/aromatic N) is 2. The zero-order valence-corrected chi connectivity index (χ0v) is 13.5. The number of carbonyl (C=O) groups excluding carboxylic acids is 1. The van der Waals surface area contributed by atoms with Gasteiger partial charge in [0.25, 0.3) is 5.91 Å². The van der Waals surface area contributed by atoms with Crippen molar-refractivity contribution in [1.82, 2.24) is 9.97 Å². The molecule has 3 aromatic rings. The number of nitrogens with one attached hydrogen (secondary N) is 1. The number of aryl methyl sites for hydroxylation is 1. The third kappa shape index (κ3) is 2.75. The van der Waals surface area contributed by atoms with E-state index < -0.39 is 0 Å². The number of hydrogen-bond acceptors (Lipinski definition) is 5. The van der Waals surface area contributed by atoms with Crippen molar-refractivity contribution in [2.75, 3.05) is 12.4 Å². The first-order valence-corrected chi connectivity index (χ1v) is 7.65. The monoisotopic (exact) mass is 333 g/mol. The highest BCUT2D eigenvalue weighted by molar-refractivity contribution is 7.18. The van der Waals surface area contributed by atoms with Crippen molar-refractivity contribution in [2.24, 2.45) is 0 Å². The molecule has 1 aromatic carbocycles. The second-order valence-electron chi connectivity index (χ2n) is 4.55. The number of pyridine rings is 1. The van der Waals surface area contributed by atoms with E-state index in [1.807, 2.05) is 19.1 Å². The van der Waals surface area contributed by atoms with Gasteiger partial charge in [-0.3, -0.25) is 4.79 Å². The van der Waals surface area contributed by atoms with Crippen LogP contribution >= 0.6 is 22.9 Å². The Kier molecular flexibility index (Phi) is 3.96. The van der Waals surface area contributed by atoms with Crippen molar-refractivity contribution in [2.45, 2.75) is 6.92 Å². The molecule has 0 aliphatic heterocycles. The number of halogens is 1. The topological polar surface area (TPSA) is 64.1 Å². The maximum absolute atomic E-state index is 12.4. The van der Waals surface area contributed by atoms with Crippen molar-refractivity contribution in [1.29, 1.82) is 0 Å². The van der Waals surface area contributed by atoms with Gasteiger partial charge in [0, 0.05) is 11.9 Å². The molecule has 2 heterocycles. The highest BCUT2D eigenvalue weighted by Gasteiger charge is 2.18. The number of amides is 1. The summed E-state index contributed by atoms with van der Waals surface area (Å²) in [7, 11) is 1.48. The van der Waals surface area contributed by atoms with E-state index >= 15 is 0 Å². The fourth-order valence-corrected chi connectivity index (χ4v) is 3.21. The van der Waals surface area contributed by atoms with E-state index in [9.17, 15) is 4.79 Å². The van der Waals surface area contributed by atoms with Gasteiger partial charge in [-0.1, -0.05) is 11.6 Å². The molecule has 0 atom stereocenters. The molecule has 0 unspecified atom stereocenters. The average Bonchev–Trinajstić information content (AvgIpc) is 2.86. The number of carbonyl (C=O) groups is 1. The lowest BCUT2D eigenvalue weighted by Gasteiger charge is -2.10. The summed E-state index contributed by atoms with van der Waals surface area (Å²) in [6, 6.07) is 7.15. The van der Waals surface area contributed by atoms with E-state index in [1.165, 1.54) is 13.3 Å². The van der Waals surface area contributed by atoms with Crippen LogP contribution in [-0.4, -0.2) is 23.0 Å². The van der Waals surface area contributed by atoms with E-state index in [0.29, 0.717) is 11.4 Å². The van der Waals surface area contributed by atoms with Crippen LogP contribution in [0.2, 0.25) is 5.15 Å². The van der Waals surface area contributed by atoms with Crippen LogP contribution in [0, 0.1) is 6.92 Å². The fourth-order valence-electron chi connectivity index (χ4n) is 2.11. The number of aromatic nitrogens is 2. The lowest BCUT2D eigenvalue weighted by molar-refractivity contribution is 0.102. The Morgan fingerprint density at radius 1 is 1.36 bits per heavy atom. The lowest BCUT2D eigenvalue weighted by Crippen LogP contribution is -2.14. The van der Waals surface area contributed by atoms with Gasteiger partial charge in [0.05, 0.1) is 22.3 Å². The van der Waals surface area contributed by atoms with Crippen molar-refractivity contribution < 1.29 is 9.53 Å². The Balaban J connectivity index is 1.93. The molecule has 0 aliphatic carbocycles. The molecule has 2 aromatic heterocycles. The summed E-state index contributed by atoms with van der Waals surface area (Å²) in [6.07, 6.45) is 1.49. The molecule has 0 aliphatic rings. The van der Waals surface area contributed by atoms with Gasteiger partial charge in [-0.25, -0.2) is 9.97 Å².